The number of ether oxygens (including phenoxy) is 2. The molecule has 0 radical (unpaired) electrons. The Morgan fingerprint density at radius 2 is 2.21 bits per heavy atom. The van der Waals surface area contributed by atoms with E-state index in [0.29, 0.717) is 31.1 Å². The molecule has 1 aliphatic rings. The molecular formula is C13H22N2O4. The van der Waals surface area contributed by atoms with Crippen molar-refractivity contribution in [2.75, 3.05) is 13.7 Å². The molecule has 0 aromatic carbocycles. The van der Waals surface area contributed by atoms with E-state index in [0.717, 1.165) is 6.42 Å². The number of aromatic nitrogens is 2. The molecule has 108 valence electrons. The Balaban J connectivity index is 1.80. The third kappa shape index (κ3) is 3.91. The van der Waals surface area contributed by atoms with Gasteiger partial charge in [-0.3, -0.25) is 0 Å². The Bertz CT molecular complexity index is 440. The molecule has 1 fully saturated rings. The Morgan fingerprint density at radius 3 is 2.95 bits per heavy atom. The molecule has 0 unspecified atom stereocenters. The van der Waals surface area contributed by atoms with Gasteiger partial charge in [0, 0.05) is 7.11 Å². The van der Waals surface area contributed by atoms with E-state index in [9.17, 15) is 4.79 Å². The first kappa shape index (κ1) is 14.3. The fraction of sp³-hybridized carbons (Fsp3) is 0.846. The molecule has 1 aromatic rings. The summed E-state index contributed by atoms with van der Waals surface area (Å²) in [5, 5.41) is 4.03. The van der Waals surface area contributed by atoms with Crippen molar-refractivity contribution in [3.05, 3.63) is 16.4 Å². The molecule has 6 heteroatoms. The molecule has 19 heavy (non-hydrogen) atoms. The Hall–Kier alpha value is -1.14. The second-order valence-corrected chi connectivity index (χ2v) is 5.09. The molecule has 0 bridgehead atoms. The summed E-state index contributed by atoms with van der Waals surface area (Å²) < 4.78 is 16.9. The molecule has 0 N–H and O–H groups in total. The molecule has 1 aliphatic carbocycles. The van der Waals surface area contributed by atoms with Crippen LogP contribution >= 0.6 is 0 Å². The molecule has 1 aromatic heterocycles. The average Bonchev–Trinajstić information content (AvgIpc) is 2.73. The predicted molar refractivity (Wildman–Crippen MR) is 68.8 cm³/mol. The van der Waals surface area contributed by atoms with Gasteiger partial charge in [-0.1, -0.05) is 19.8 Å². The van der Waals surface area contributed by atoms with E-state index in [1.807, 2.05) is 0 Å². The third-order valence-electron chi connectivity index (χ3n) is 3.58. The van der Waals surface area contributed by atoms with Crippen LogP contribution in [0.3, 0.4) is 0 Å². The third-order valence-corrected chi connectivity index (χ3v) is 3.58. The summed E-state index contributed by atoms with van der Waals surface area (Å²) >= 11 is 0. The van der Waals surface area contributed by atoms with Crippen molar-refractivity contribution >= 4 is 0 Å². The fourth-order valence-corrected chi connectivity index (χ4v) is 2.49. The number of methoxy groups -OCH3 is 1. The number of rotatable bonds is 6. The minimum atomic E-state index is -0.452. The quantitative estimate of drug-likeness (QED) is 0.785. The van der Waals surface area contributed by atoms with E-state index in [4.69, 9.17) is 13.9 Å². The second-order valence-electron chi connectivity index (χ2n) is 5.09. The average molecular weight is 270 g/mol. The lowest BCUT2D eigenvalue weighted by molar-refractivity contribution is -0.00980. The van der Waals surface area contributed by atoms with E-state index in [-0.39, 0.29) is 6.61 Å². The summed E-state index contributed by atoms with van der Waals surface area (Å²) in [7, 11) is 1.53. The molecular weight excluding hydrogens is 248 g/mol. The zero-order valence-electron chi connectivity index (χ0n) is 11.6. The second kappa shape index (κ2) is 6.86. The topological polar surface area (TPSA) is 66.5 Å². The maximum atomic E-state index is 11.5. The first-order valence-corrected chi connectivity index (χ1v) is 6.88. The Kier molecular flexibility index (Phi) is 5.15. The van der Waals surface area contributed by atoms with Crippen LogP contribution in [-0.4, -0.2) is 29.6 Å². The first-order valence-electron chi connectivity index (χ1n) is 6.88. The lowest BCUT2D eigenvalue weighted by Gasteiger charge is -2.28. The van der Waals surface area contributed by atoms with Gasteiger partial charge in [-0.05, 0) is 18.8 Å². The standard InChI is InChI=1S/C13H22N2O4/c1-10-5-3-4-6-11(10)18-8-7-15-13(16)19-12(14-15)9-17-2/h10-11H,3-9H2,1-2H3/t10-,11+/m0/s1. The predicted octanol–water partition coefficient (Wildman–Crippen LogP) is 1.58. The van der Waals surface area contributed by atoms with Gasteiger partial charge in [0.15, 0.2) is 0 Å². The minimum absolute atomic E-state index is 0.211. The zero-order valence-corrected chi connectivity index (χ0v) is 11.6. The van der Waals surface area contributed by atoms with Gasteiger partial charge >= 0.3 is 5.76 Å². The molecule has 2 atom stereocenters. The van der Waals surface area contributed by atoms with E-state index in [2.05, 4.69) is 12.0 Å². The Morgan fingerprint density at radius 1 is 1.42 bits per heavy atom. The van der Waals surface area contributed by atoms with Crippen molar-refractivity contribution in [2.24, 2.45) is 5.92 Å². The largest absolute Gasteiger partial charge is 0.437 e. The van der Waals surface area contributed by atoms with Gasteiger partial charge in [0.2, 0.25) is 5.89 Å². The van der Waals surface area contributed by atoms with Crippen LogP contribution in [0.5, 0.6) is 0 Å². The van der Waals surface area contributed by atoms with E-state index >= 15 is 0 Å². The van der Waals surface area contributed by atoms with Gasteiger partial charge in [0.25, 0.3) is 0 Å². The van der Waals surface area contributed by atoms with Crippen LogP contribution in [0.25, 0.3) is 0 Å². The van der Waals surface area contributed by atoms with Gasteiger partial charge in [0.05, 0.1) is 19.3 Å². The maximum absolute atomic E-state index is 11.5. The monoisotopic (exact) mass is 270 g/mol. The molecule has 6 nitrogen and oxygen atoms in total. The highest BCUT2D eigenvalue weighted by Crippen LogP contribution is 2.26. The molecule has 2 rings (SSSR count). The highest BCUT2D eigenvalue weighted by atomic mass is 16.5. The molecule has 0 amide bonds. The zero-order chi connectivity index (χ0) is 13.7. The van der Waals surface area contributed by atoms with Gasteiger partial charge in [-0.25, -0.2) is 4.79 Å². The molecule has 0 saturated heterocycles. The van der Waals surface area contributed by atoms with Gasteiger partial charge in [-0.15, -0.1) is 5.10 Å². The fourth-order valence-electron chi connectivity index (χ4n) is 2.49. The SMILES string of the molecule is COCc1nn(CCO[C@@H]2CCCC[C@@H]2C)c(=O)o1. The van der Waals surface area contributed by atoms with Crippen LogP contribution in [-0.2, 0) is 22.6 Å². The highest BCUT2D eigenvalue weighted by molar-refractivity contribution is 4.73. The van der Waals surface area contributed by atoms with Gasteiger partial charge < -0.3 is 13.9 Å². The minimum Gasteiger partial charge on any atom is -0.390 e. The van der Waals surface area contributed by atoms with Crippen LogP contribution in [0.1, 0.15) is 38.5 Å². The summed E-state index contributed by atoms with van der Waals surface area (Å²) in [6.07, 6.45) is 5.19. The van der Waals surface area contributed by atoms with Crippen LogP contribution < -0.4 is 5.76 Å². The normalized spacial score (nSPS) is 23.7. The lowest BCUT2D eigenvalue weighted by atomic mass is 9.88. The van der Waals surface area contributed by atoms with Crippen LogP contribution in [0.2, 0.25) is 0 Å². The van der Waals surface area contributed by atoms with Crippen molar-refractivity contribution in [1.29, 1.82) is 0 Å². The van der Waals surface area contributed by atoms with Crippen molar-refractivity contribution in [1.82, 2.24) is 9.78 Å². The van der Waals surface area contributed by atoms with Crippen molar-refractivity contribution in [3.8, 4) is 0 Å². The van der Waals surface area contributed by atoms with Gasteiger partial charge in [-0.2, -0.15) is 4.68 Å². The van der Waals surface area contributed by atoms with Crippen LogP contribution in [0.4, 0.5) is 0 Å². The van der Waals surface area contributed by atoms with Crippen molar-refractivity contribution < 1.29 is 13.9 Å². The number of hydrogen-bond donors (Lipinski definition) is 0. The summed E-state index contributed by atoms with van der Waals surface area (Å²) in [5.41, 5.74) is 0. The van der Waals surface area contributed by atoms with Crippen LogP contribution in [0, 0.1) is 5.92 Å². The summed E-state index contributed by atoms with van der Waals surface area (Å²) in [6.45, 7) is 3.36. The van der Waals surface area contributed by atoms with Gasteiger partial charge in [0.1, 0.15) is 6.61 Å². The lowest BCUT2D eigenvalue weighted by Crippen LogP contribution is -2.28. The van der Waals surface area contributed by atoms with Crippen molar-refractivity contribution in [2.45, 2.75) is 51.9 Å². The molecule has 1 saturated carbocycles. The van der Waals surface area contributed by atoms with Crippen LogP contribution in [0.15, 0.2) is 9.21 Å². The van der Waals surface area contributed by atoms with E-state index in [1.165, 1.54) is 31.1 Å². The Labute approximate surface area is 112 Å². The van der Waals surface area contributed by atoms with E-state index < -0.39 is 5.76 Å². The maximum Gasteiger partial charge on any atom is 0.437 e. The molecule has 1 heterocycles. The molecule has 0 spiro atoms. The first-order chi connectivity index (χ1) is 9.20. The smallest absolute Gasteiger partial charge is 0.390 e. The summed E-state index contributed by atoms with van der Waals surface area (Å²) in [5.74, 6) is 0.456. The highest BCUT2D eigenvalue weighted by Gasteiger charge is 2.21. The van der Waals surface area contributed by atoms with E-state index in [1.54, 1.807) is 0 Å². The number of hydrogen-bond acceptors (Lipinski definition) is 5. The summed E-state index contributed by atoms with van der Waals surface area (Å²) in [6, 6.07) is 0. The number of nitrogens with zero attached hydrogens (tertiary/aromatic N) is 2. The molecule has 0 aliphatic heterocycles. The summed E-state index contributed by atoms with van der Waals surface area (Å²) in [4.78, 5) is 11.5. The van der Waals surface area contributed by atoms with Crippen molar-refractivity contribution in [3.63, 3.8) is 0 Å².